The van der Waals surface area contributed by atoms with Crippen LogP contribution in [-0.2, 0) is 16.1 Å². The van der Waals surface area contributed by atoms with Gasteiger partial charge in [0.05, 0.1) is 14.2 Å². The number of carbonyl (C=O) groups is 2. The Morgan fingerprint density at radius 3 is 2.44 bits per heavy atom. The summed E-state index contributed by atoms with van der Waals surface area (Å²) in [6.45, 7) is 0.584. The zero-order valence-corrected chi connectivity index (χ0v) is 19.6. The Morgan fingerprint density at radius 1 is 0.912 bits per heavy atom. The third-order valence-corrected chi connectivity index (χ3v) is 6.98. The highest BCUT2D eigenvalue weighted by Gasteiger charge is 2.43. The van der Waals surface area contributed by atoms with Gasteiger partial charge in [-0.3, -0.25) is 9.59 Å². The minimum Gasteiger partial charge on any atom is -0.493 e. The number of piperazine rings is 1. The molecule has 1 atom stereocenters. The van der Waals surface area contributed by atoms with Gasteiger partial charge >= 0.3 is 0 Å². The summed E-state index contributed by atoms with van der Waals surface area (Å²) in [5.41, 5.74) is 1.58. The maximum absolute atomic E-state index is 13.9. The van der Waals surface area contributed by atoms with Gasteiger partial charge in [0.2, 0.25) is 12.7 Å². The van der Waals surface area contributed by atoms with Gasteiger partial charge in [-0.25, -0.2) is 0 Å². The van der Waals surface area contributed by atoms with Crippen molar-refractivity contribution in [3.63, 3.8) is 0 Å². The SMILES string of the molecule is COc1ccc([C@H]2C(=O)N(C3CCCCC3)CC(=O)N2Cc2ccc3c(c2)OCO3)cc1OC. The topological polar surface area (TPSA) is 77.5 Å². The summed E-state index contributed by atoms with van der Waals surface area (Å²) in [6, 6.07) is 10.4. The van der Waals surface area contributed by atoms with Crippen molar-refractivity contribution >= 4 is 11.8 Å². The van der Waals surface area contributed by atoms with E-state index in [0.717, 1.165) is 31.2 Å². The van der Waals surface area contributed by atoms with E-state index in [4.69, 9.17) is 18.9 Å². The van der Waals surface area contributed by atoms with Crippen molar-refractivity contribution in [2.75, 3.05) is 27.6 Å². The molecule has 34 heavy (non-hydrogen) atoms. The molecule has 2 aromatic rings. The smallest absolute Gasteiger partial charge is 0.250 e. The largest absolute Gasteiger partial charge is 0.493 e. The number of benzene rings is 2. The fraction of sp³-hybridized carbons (Fsp3) is 0.462. The van der Waals surface area contributed by atoms with E-state index >= 15 is 0 Å². The molecule has 0 aromatic heterocycles. The first-order valence-electron chi connectivity index (χ1n) is 11.8. The maximum atomic E-state index is 13.9. The lowest BCUT2D eigenvalue weighted by atomic mass is 9.91. The molecule has 8 nitrogen and oxygen atoms in total. The molecule has 180 valence electrons. The van der Waals surface area contributed by atoms with Crippen LogP contribution in [0.5, 0.6) is 23.0 Å². The first-order valence-corrected chi connectivity index (χ1v) is 11.8. The Kier molecular flexibility index (Phi) is 6.22. The number of methoxy groups -OCH3 is 2. The number of nitrogens with zero attached hydrogens (tertiary/aromatic N) is 2. The molecule has 2 amide bonds. The second-order valence-electron chi connectivity index (χ2n) is 8.98. The number of rotatable bonds is 6. The number of amides is 2. The lowest BCUT2D eigenvalue weighted by Gasteiger charge is -2.44. The van der Waals surface area contributed by atoms with Crippen molar-refractivity contribution in [2.24, 2.45) is 0 Å². The average Bonchev–Trinajstić information content (AvgIpc) is 3.34. The monoisotopic (exact) mass is 466 g/mol. The number of hydrogen-bond acceptors (Lipinski definition) is 6. The van der Waals surface area contributed by atoms with Crippen LogP contribution < -0.4 is 18.9 Å². The second-order valence-corrected chi connectivity index (χ2v) is 8.98. The zero-order chi connectivity index (χ0) is 23.7. The fourth-order valence-corrected chi connectivity index (χ4v) is 5.21. The number of carbonyl (C=O) groups excluding carboxylic acids is 2. The molecule has 1 saturated heterocycles. The molecule has 1 saturated carbocycles. The van der Waals surface area contributed by atoms with Gasteiger partial charge in [-0.15, -0.1) is 0 Å². The molecular weight excluding hydrogens is 436 g/mol. The quantitative estimate of drug-likeness (QED) is 0.647. The molecule has 8 heteroatoms. The summed E-state index contributed by atoms with van der Waals surface area (Å²) in [7, 11) is 3.14. The first kappa shape index (κ1) is 22.4. The lowest BCUT2D eigenvalue weighted by molar-refractivity contribution is -0.160. The van der Waals surface area contributed by atoms with E-state index in [1.54, 1.807) is 36.2 Å². The minimum absolute atomic E-state index is 0.0422. The van der Waals surface area contributed by atoms with Gasteiger partial charge in [-0.05, 0) is 48.2 Å². The third kappa shape index (κ3) is 4.13. The van der Waals surface area contributed by atoms with Crippen molar-refractivity contribution in [2.45, 2.75) is 50.7 Å². The fourth-order valence-electron chi connectivity index (χ4n) is 5.21. The van der Waals surface area contributed by atoms with Crippen molar-refractivity contribution in [1.82, 2.24) is 9.80 Å². The van der Waals surface area contributed by atoms with Crippen molar-refractivity contribution < 1.29 is 28.5 Å². The molecule has 0 radical (unpaired) electrons. The van der Waals surface area contributed by atoms with Crippen molar-refractivity contribution in [3.8, 4) is 23.0 Å². The van der Waals surface area contributed by atoms with Crippen LogP contribution in [0.3, 0.4) is 0 Å². The molecule has 1 aliphatic carbocycles. The summed E-state index contributed by atoms with van der Waals surface area (Å²) >= 11 is 0. The molecule has 0 bridgehead atoms. The van der Waals surface area contributed by atoms with Crippen LogP contribution in [0.4, 0.5) is 0 Å². The van der Waals surface area contributed by atoms with Gasteiger partial charge in [-0.1, -0.05) is 31.4 Å². The Labute approximate surface area is 199 Å². The molecule has 3 aliphatic rings. The predicted octanol–water partition coefficient (Wildman–Crippen LogP) is 3.68. The Hall–Kier alpha value is -3.42. The van der Waals surface area contributed by atoms with Crippen LogP contribution in [-0.4, -0.2) is 55.2 Å². The maximum Gasteiger partial charge on any atom is 0.250 e. The summed E-state index contributed by atoms with van der Waals surface area (Å²) in [5, 5.41) is 0. The molecule has 0 unspecified atom stereocenters. The predicted molar refractivity (Wildman–Crippen MR) is 124 cm³/mol. The van der Waals surface area contributed by atoms with Crippen molar-refractivity contribution in [1.29, 1.82) is 0 Å². The summed E-state index contributed by atoms with van der Waals surface area (Å²) in [5.74, 6) is 2.33. The minimum atomic E-state index is -0.742. The molecule has 2 aliphatic heterocycles. The van der Waals surface area contributed by atoms with Crippen molar-refractivity contribution in [3.05, 3.63) is 47.5 Å². The molecule has 2 fully saturated rings. The van der Waals surface area contributed by atoms with Gasteiger partial charge in [0, 0.05) is 12.6 Å². The summed E-state index contributed by atoms with van der Waals surface area (Å²) in [6.07, 6.45) is 5.25. The molecule has 2 aromatic carbocycles. The standard InChI is InChI=1S/C26H30N2O6/c1-31-20-11-9-18(13-22(20)32-2)25-26(30)27(19-6-4-3-5-7-19)15-24(29)28(25)14-17-8-10-21-23(12-17)34-16-33-21/h8-13,19,25H,3-7,14-16H2,1-2H3/t25-/m0/s1. The van der Waals surface area contributed by atoms with E-state index in [1.165, 1.54) is 6.42 Å². The summed E-state index contributed by atoms with van der Waals surface area (Å²) in [4.78, 5) is 30.9. The molecular formula is C26H30N2O6. The van der Waals surface area contributed by atoms with E-state index in [1.807, 2.05) is 24.3 Å². The molecule has 5 rings (SSSR count). The van der Waals surface area contributed by atoms with Gasteiger partial charge in [0.1, 0.15) is 12.6 Å². The lowest BCUT2D eigenvalue weighted by Crippen LogP contribution is -2.58. The average molecular weight is 467 g/mol. The number of ether oxygens (including phenoxy) is 4. The van der Waals surface area contributed by atoms with E-state index < -0.39 is 6.04 Å². The normalized spacial score (nSPS) is 20.6. The van der Waals surface area contributed by atoms with Gasteiger partial charge in [0.15, 0.2) is 23.0 Å². The van der Waals surface area contributed by atoms with E-state index in [9.17, 15) is 9.59 Å². The van der Waals surface area contributed by atoms with Crippen LogP contribution in [0.2, 0.25) is 0 Å². The highest BCUT2D eigenvalue weighted by atomic mass is 16.7. The zero-order valence-electron chi connectivity index (χ0n) is 19.6. The van der Waals surface area contributed by atoms with E-state index in [2.05, 4.69) is 0 Å². The van der Waals surface area contributed by atoms with Gasteiger partial charge in [0.25, 0.3) is 5.91 Å². The van der Waals surface area contributed by atoms with Crippen LogP contribution in [0.25, 0.3) is 0 Å². The third-order valence-electron chi connectivity index (χ3n) is 6.98. The van der Waals surface area contributed by atoms with E-state index in [-0.39, 0.29) is 31.2 Å². The van der Waals surface area contributed by atoms with Crippen LogP contribution in [0.1, 0.15) is 49.3 Å². The molecule has 0 spiro atoms. The Balaban J connectivity index is 1.50. The number of fused-ring (bicyclic) bond motifs is 1. The first-order chi connectivity index (χ1) is 16.6. The molecule has 2 heterocycles. The van der Waals surface area contributed by atoms with Crippen LogP contribution in [0, 0.1) is 0 Å². The van der Waals surface area contributed by atoms with Crippen LogP contribution >= 0.6 is 0 Å². The summed E-state index contributed by atoms with van der Waals surface area (Å²) < 4.78 is 21.8. The second kappa shape index (κ2) is 9.44. The van der Waals surface area contributed by atoms with E-state index in [0.29, 0.717) is 35.1 Å². The Morgan fingerprint density at radius 2 is 1.68 bits per heavy atom. The van der Waals surface area contributed by atoms with Gasteiger partial charge < -0.3 is 28.7 Å². The molecule has 0 N–H and O–H groups in total. The van der Waals surface area contributed by atoms with Gasteiger partial charge in [-0.2, -0.15) is 0 Å². The number of hydrogen-bond donors (Lipinski definition) is 0. The Bertz CT molecular complexity index is 1080. The highest BCUT2D eigenvalue weighted by molar-refractivity contribution is 5.96. The van der Waals surface area contributed by atoms with Crippen LogP contribution in [0.15, 0.2) is 36.4 Å². The highest BCUT2D eigenvalue weighted by Crippen LogP contribution is 2.38.